The molecule has 0 saturated carbocycles. The molecule has 108 valence electrons. The quantitative estimate of drug-likeness (QED) is 0.739. The summed E-state index contributed by atoms with van der Waals surface area (Å²) in [5, 5.41) is 8.86. The standard InChI is InChI=1S/C10H14BrNO5S2/c1-3-17-5-4-12(2)19(15,16)8-6-7(10(13)14)18-9(8)11/h6H,3-5H2,1-2H3,(H,13,14). The molecule has 0 aliphatic heterocycles. The molecule has 0 atom stereocenters. The molecule has 0 spiro atoms. The highest BCUT2D eigenvalue weighted by Crippen LogP contribution is 2.33. The van der Waals surface area contributed by atoms with Crippen LogP contribution in [0.5, 0.6) is 0 Å². The molecule has 1 aromatic heterocycles. The molecule has 6 nitrogen and oxygen atoms in total. The molecule has 1 heterocycles. The summed E-state index contributed by atoms with van der Waals surface area (Å²) in [4.78, 5) is 10.8. The van der Waals surface area contributed by atoms with Gasteiger partial charge in [0.2, 0.25) is 10.0 Å². The van der Waals surface area contributed by atoms with E-state index in [0.29, 0.717) is 13.2 Å². The molecule has 0 saturated heterocycles. The molecule has 0 radical (unpaired) electrons. The second-order valence-electron chi connectivity index (χ2n) is 3.58. The number of carbonyl (C=O) groups is 1. The van der Waals surface area contributed by atoms with Crippen molar-refractivity contribution in [1.82, 2.24) is 4.31 Å². The molecule has 0 aliphatic carbocycles. The molecule has 1 aromatic rings. The summed E-state index contributed by atoms with van der Waals surface area (Å²) < 4.78 is 31.0. The molecule has 0 fully saturated rings. The normalized spacial score (nSPS) is 12.0. The molecule has 1 N–H and O–H groups in total. The zero-order valence-corrected chi connectivity index (χ0v) is 13.6. The Morgan fingerprint density at radius 3 is 2.68 bits per heavy atom. The Labute approximate surface area is 124 Å². The van der Waals surface area contributed by atoms with Crippen molar-refractivity contribution in [3.05, 3.63) is 14.7 Å². The topological polar surface area (TPSA) is 83.9 Å². The summed E-state index contributed by atoms with van der Waals surface area (Å²) in [6.07, 6.45) is 0. The van der Waals surface area contributed by atoms with E-state index in [1.807, 2.05) is 6.92 Å². The lowest BCUT2D eigenvalue weighted by Crippen LogP contribution is -2.30. The van der Waals surface area contributed by atoms with Gasteiger partial charge in [-0.25, -0.2) is 13.2 Å². The number of halogens is 1. The van der Waals surface area contributed by atoms with Gasteiger partial charge in [-0.05, 0) is 28.9 Å². The third-order valence-electron chi connectivity index (χ3n) is 2.31. The van der Waals surface area contributed by atoms with Gasteiger partial charge < -0.3 is 9.84 Å². The highest BCUT2D eigenvalue weighted by atomic mass is 79.9. The van der Waals surface area contributed by atoms with E-state index in [4.69, 9.17) is 9.84 Å². The summed E-state index contributed by atoms with van der Waals surface area (Å²) in [5.41, 5.74) is 0. The Morgan fingerprint density at radius 1 is 1.58 bits per heavy atom. The zero-order chi connectivity index (χ0) is 14.6. The van der Waals surface area contributed by atoms with Crippen molar-refractivity contribution < 1.29 is 23.1 Å². The second-order valence-corrected chi connectivity index (χ2v) is 7.96. The van der Waals surface area contributed by atoms with Crippen molar-refractivity contribution in [2.45, 2.75) is 11.8 Å². The number of nitrogens with zero attached hydrogens (tertiary/aromatic N) is 1. The molecule has 0 amide bonds. The average Bonchev–Trinajstić information content (AvgIpc) is 2.72. The van der Waals surface area contributed by atoms with Gasteiger partial charge in [0.05, 0.1) is 10.4 Å². The molecule has 19 heavy (non-hydrogen) atoms. The number of carboxylic acid groups (broad SMARTS) is 1. The molecule has 0 aromatic carbocycles. The van der Waals surface area contributed by atoms with Crippen LogP contribution in [-0.4, -0.2) is 50.6 Å². The van der Waals surface area contributed by atoms with Crippen LogP contribution in [0.2, 0.25) is 0 Å². The van der Waals surface area contributed by atoms with E-state index in [1.54, 1.807) is 0 Å². The fourth-order valence-corrected chi connectivity index (χ4v) is 4.76. The maximum Gasteiger partial charge on any atom is 0.345 e. The van der Waals surface area contributed by atoms with E-state index in [1.165, 1.54) is 7.05 Å². The molecule has 0 aliphatic rings. The van der Waals surface area contributed by atoms with E-state index >= 15 is 0 Å². The summed E-state index contributed by atoms with van der Waals surface area (Å²) in [7, 11) is -2.28. The number of rotatable bonds is 7. The van der Waals surface area contributed by atoms with Crippen LogP contribution in [0.25, 0.3) is 0 Å². The Morgan fingerprint density at radius 2 is 2.21 bits per heavy atom. The number of thiophene rings is 1. The fraction of sp³-hybridized carbons (Fsp3) is 0.500. The highest BCUT2D eigenvalue weighted by molar-refractivity contribution is 9.11. The highest BCUT2D eigenvalue weighted by Gasteiger charge is 2.26. The Bertz CT molecular complexity index is 554. The Balaban J connectivity index is 2.96. The zero-order valence-electron chi connectivity index (χ0n) is 10.4. The van der Waals surface area contributed by atoms with E-state index in [2.05, 4.69) is 15.9 Å². The first-order valence-electron chi connectivity index (χ1n) is 5.37. The number of likely N-dealkylation sites (N-methyl/N-ethyl adjacent to an activating group) is 1. The number of hydrogen-bond donors (Lipinski definition) is 1. The minimum atomic E-state index is -3.71. The van der Waals surface area contributed by atoms with Gasteiger partial charge in [-0.1, -0.05) is 0 Å². The van der Waals surface area contributed by atoms with Crippen LogP contribution in [0.1, 0.15) is 16.6 Å². The lowest BCUT2D eigenvalue weighted by atomic mass is 10.5. The van der Waals surface area contributed by atoms with Crippen molar-refractivity contribution in [3.63, 3.8) is 0 Å². The Kier molecular flexibility index (Phi) is 5.93. The smallest absolute Gasteiger partial charge is 0.345 e. The van der Waals surface area contributed by atoms with Crippen LogP contribution in [0.3, 0.4) is 0 Å². The third-order valence-corrected chi connectivity index (χ3v) is 6.41. The van der Waals surface area contributed by atoms with E-state index in [-0.39, 0.29) is 20.1 Å². The summed E-state index contributed by atoms with van der Waals surface area (Å²) in [5.74, 6) is -1.15. The van der Waals surface area contributed by atoms with Gasteiger partial charge >= 0.3 is 5.97 Å². The minimum absolute atomic E-state index is 0.0244. The van der Waals surface area contributed by atoms with Crippen molar-refractivity contribution in [2.75, 3.05) is 26.8 Å². The monoisotopic (exact) mass is 371 g/mol. The van der Waals surface area contributed by atoms with Crippen molar-refractivity contribution in [1.29, 1.82) is 0 Å². The largest absolute Gasteiger partial charge is 0.477 e. The number of aromatic carboxylic acids is 1. The number of ether oxygens (including phenoxy) is 1. The maximum atomic E-state index is 12.2. The van der Waals surface area contributed by atoms with Gasteiger partial charge in [0, 0.05) is 20.2 Å². The summed E-state index contributed by atoms with van der Waals surface area (Å²) >= 11 is 3.96. The van der Waals surface area contributed by atoms with Gasteiger partial charge in [-0.2, -0.15) is 4.31 Å². The van der Waals surface area contributed by atoms with Crippen LogP contribution in [0, 0.1) is 0 Å². The number of sulfonamides is 1. The second kappa shape index (κ2) is 6.80. The van der Waals surface area contributed by atoms with E-state index in [0.717, 1.165) is 21.7 Å². The van der Waals surface area contributed by atoms with E-state index in [9.17, 15) is 13.2 Å². The van der Waals surface area contributed by atoms with Crippen molar-refractivity contribution in [3.8, 4) is 0 Å². The van der Waals surface area contributed by atoms with Gasteiger partial charge in [0.15, 0.2) is 0 Å². The van der Waals surface area contributed by atoms with Crippen LogP contribution in [0.15, 0.2) is 14.7 Å². The molecule has 0 unspecified atom stereocenters. The first-order chi connectivity index (χ1) is 8.80. The maximum absolute atomic E-state index is 12.2. The molecule has 1 rings (SSSR count). The van der Waals surface area contributed by atoms with E-state index < -0.39 is 16.0 Å². The molecule has 0 bridgehead atoms. The van der Waals surface area contributed by atoms with Crippen molar-refractivity contribution in [2.24, 2.45) is 0 Å². The first kappa shape index (κ1) is 16.6. The lowest BCUT2D eigenvalue weighted by molar-refractivity contribution is 0.0702. The van der Waals surface area contributed by atoms with Gasteiger partial charge in [0.25, 0.3) is 0 Å². The average molecular weight is 372 g/mol. The SMILES string of the molecule is CCOCCN(C)S(=O)(=O)c1cc(C(=O)O)sc1Br. The Hall–Kier alpha value is -0.480. The van der Waals surface area contributed by atoms with Crippen LogP contribution in [0.4, 0.5) is 0 Å². The molecule has 9 heteroatoms. The predicted octanol–water partition coefficient (Wildman–Crippen LogP) is 1.87. The summed E-state index contributed by atoms with van der Waals surface area (Å²) in [6, 6.07) is 1.16. The number of carboxylic acids is 1. The molecular weight excluding hydrogens is 358 g/mol. The van der Waals surface area contributed by atoms with Gasteiger partial charge in [0.1, 0.15) is 9.77 Å². The van der Waals surface area contributed by atoms with Gasteiger partial charge in [-0.15, -0.1) is 11.3 Å². The first-order valence-corrected chi connectivity index (χ1v) is 8.42. The molecular formula is C10H14BrNO5S2. The van der Waals surface area contributed by atoms with Crippen LogP contribution < -0.4 is 0 Å². The van der Waals surface area contributed by atoms with Crippen molar-refractivity contribution >= 4 is 43.3 Å². The minimum Gasteiger partial charge on any atom is -0.477 e. The summed E-state index contributed by atoms with van der Waals surface area (Å²) in [6.45, 7) is 2.84. The van der Waals surface area contributed by atoms with Crippen LogP contribution in [-0.2, 0) is 14.8 Å². The lowest BCUT2D eigenvalue weighted by Gasteiger charge is -2.16. The van der Waals surface area contributed by atoms with Crippen LogP contribution >= 0.6 is 27.3 Å². The van der Waals surface area contributed by atoms with Gasteiger partial charge in [-0.3, -0.25) is 0 Å². The number of hydrogen-bond acceptors (Lipinski definition) is 5. The third kappa shape index (κ3) is 3.99. The predicted molar refractivity (Wildman–Crippen MR) is 75.3 cm³/mol. The fourth-order valence-electron chi connectivity index (χ4n) is 1.26.